The number of thiazole rings is 1. The minimum Gasteiger partial charge on any atom is -0.497 e. The zero-order valence-electron chi connectivity index (χ0n) is 15.7. The molecule has 0 fully saturated rings. The van der Waals surface area contributed by atoms with E-state index in [1.165, 1.54) is 4.88 Å². The van der Waals surface area contributed by atoms with Crippen LogP contribution in [0.1, 0.15) is 22.0 Å². The number of aryl methyl sites for hydroxylation is 2. The highest BCUT2D eigenvalue weighted by Gasteiger charge is 2.04. The molecule has 26 heavy (non-hydrogen) atoms. The van der Waals surface area contributed by atoms with Crippen molar-refractivity contribution >= 4 is 41.3 Å². The molecular weight excluding hydrogens is 463 g/mol. The average Bonchev–Trinajstić information content (AvgIpc) is 2.95. The molecule has 2 aromatic rings. The number of aliphatic imine (C=N–C) groups is 1. The van der Waals surface area contributed by atoms with Crippen LogP contribution in [0.4, 0.5) is 0 Å². The highest BCUT2D eigenvalue weighted by molar-refractivity contribution is 14.0. The lowest BCUT2D eigenvalue weighted by atomic mass is 10.3. The van der Waals surface area contributed by atoms with E-state index in [0.29, 0.717) is 13.2 Å². The molecule has 0 aliphatic carbocycles. The van der Waals surface area contributed by atoms with Gasteiger partial charge in [-0.2, -0.15) is 0 Å². The standard InChI is InChI=1S/C18H26N4O2S.HI/c1-13-14(2)25-17(22-13)12-21-18(19-3)20-10-5-11-24-16-8-6-15(23-4)7-9-16;/h6-9H,5,10-12H2,1-4H3,(H2,19,20,21);1H. The minimum absolute atomic E-state index is 0. The van der Waals surface area contributed by atoms with Gasteiger partial charge in [0.15, 0.2) is 5.96 Å². The summed E-state index contributed by atoms with van der Waals surface area (Å²) in [5.41, 5.74) is 1.10. The molecule has 0 saturated heterocycles. The summed E-state index contributed by atoms with van der Waals surface area (Å²) in [5, 5.41) is 7.63. The Morgan fingerprint density at radius 3 is 2.42 bits per heavy atom. The lowest BCUT2D eigenvalue weighted by Crippen LogP contribution is -2.37. The molecular formula is C18H27IN4O2S. The van der Waals surface area contributed by atoms with Crippen LogP contribution in [-0.4, -0.2) is 38.3 Å². The predicted molar refractivity (Wildman–Crippen MR) is 118 cm³/mol. The van der Waals surface area contributed by atoms with E-state index in [9.17, 15) is 0 Å². The van der Waals surface area contributed by atoms with Crippen molar-refractivity contribution in [3.05, 3.63) is 39.8 Å². The zero-order valence-corrected chi connectivity index (χ0v) is 18.8. The molecule has 0 aliphatic heterocycles. The van der Waals surface area contributed by atoms with Crippen molar-refractivity contribution in [2.45, 2.75) is 26.8 Å². The monoisotopic (exact) mass is 490 g/mol. The summed E-state index contributed by atoms with van der Waals surface area (Å²) >= 11 is 1.71. The Morgan fingerprint density at radius 2 is 1.85 bits per heavy atom. The summed E-state index contributed by atoms with van der Waals surface area (Å²) < 4.78 is 10.8. The molecule has 0 saturated carbocycles. The van der Waals surface area contributed by atoms with Gasteiger partial charge in [-0.15, -0.1) is 35.3 Å². The van der Waals surface area contributed by atoms with Crippen molar-refractivity contribution in [2.75, 3.05) is 27.3 Å². The van der Waals surface area contributed by atoms with Crippen molar-refractivity contribution in [3.63, 3.8) is 0 Å². The number of nitrogens with zero attached hydrogens (tertiary/aromatic N) is 2. The second-order valence-corrected chi connectivity index (χ2v) is 6.77. The highest BCUT2D eigenvalue weighted by atomic mass is 127. The number of guanidine groups is 1. The summed E-state index contributed by atoms with van der Waals surface area (Å²) in [6.07, 6.45) is 0.877. The number of halogens is 1. The normalized spacial score (nSPS) is 10.8. The summed E-state index contributed by atoms with van der Waals surface area (Å²) in [5.74, 6) is 2.45. The Hall–Kier alpha value is -1.55. The maximum absolute atomic E-state index is 5.70. The van der Waals surface area contributed by atoms with Crippen LogP contribution in [0.25, 0.3) is 0 Å². The van der Waals surface area contributed by atoms with E-state index in [4.69, 9.17) is 9.47 Å². The van der Waals surface area contributed by atoms with Crippen molar-refractivity contribution in [2.24, 2.45) is 4.99 Å². The fraction of sp³-hybridized carbons (Fsp3) is 0.444. The van der Waals surface area contributed by atoms with Crippen LogP contribution >= 0.6 is 35.3 Å². The Bertz CT molecular complexity index is 669. The fourth-order valence-electron chi connectivity index (χ4n) is 2.14. The fourth-order valence-corrected chi connectivity index (χ4v) is 3.01. The van der Waals surface area contributed by atoms with E-state index in [2.05, 4.69) is 27.5 Å². The van der Waals surface area contributed by atoms with Gasteiger partial charge >= 0.3 is 0 Å². The minimum atomic E-state index is 0. The van der Waals surface area contributed by atoms with Crippen molar-refractivity contribution in [1.82, 2.24) is 15.6 Å². The van der Waals surface area contributed by atoms with Gasteiger partial charge in [-0.05, 0) is 44.5 Å². The Labute approximate surface area is 176 Å². The number of methoxy groups -OCH3 is 1. The molecule has 0 spiro atoms. The van der Waals surface area contributed by atoms with Crippen molar-refractivity contribution in [3.8, 4) is 11.5 Å². The van der Waals surface area contributed by atoms with Gasteiger partial charge in [-0.1, -0.05) is 0 Å². The lowest BCUT2D eigenvalue weighted by molar-refractivity contribution is 0.310. The molecule has 0 atom stereocenters. The molecule has 2 rings (SSSR count). The lowest BCUT2D eigenvalue weighted by Gasteiger charge is -2.11. The largest absolute Gasteiger partial charge is 0.497 e. The van der Waals surface area contributed by atoms with Crippen LogP contribution < -0.4 is 20.1 Å². The molecule has 6 nitrogen and oxygen atoms in total. The van der Waals surface area contributed by atoms with E-state index in [1.54, 1.807) is 25.5 Å². The van der Waals surface area contributed by atoms with Crippen LogP contribution in [0.3, 0.4) is 0 Å². The first kappa shape index (κ1) is 22.5. The highest BCUT2D eigenvalue weighted by Crippen LogP contribution is 2.17. The third-order valence-electron chi connectivity index (χ3n) is 3.65. The van der Waals surface area contributed by atoms with E-state index < -0.39 is 0 Å². The van der Waals surface area contributed by atoms with Gasteiger partial charge in [0.1, 0.15) is 16.5 Å². The number of aromatic nitrogens is 1. The quantitative estimate of drug-likeness (QED) is 0.257. The average molecular weight is 490 g/mol. The Balaban J connectivity index is 0.00000338. The molecule has 1 aromatic carbocycles. The molecule has 0 aliphatic rings. The first-order chi connectivity index (χ1) is 12.1. The van der Waals surface area contributed by atoms with E-state index >= 15 is 0 Å². The maximum Gasteiger partial charge on any atom is 0.191 e. The summed E-state index contributed by atoms with van der Waals surface area (Å²) in [6.45, 7) is 6.23. The number of nitrogens with one attached hydrogen (secondary N) is 2. The number of benzene rings is 1. The molecule has 0 radical (unpaired) electrons. The van der Waals surface area contributed by atoms with Gasteiger partial charge in [-0.25, -0.2) is 4.98 Å². The van der Waals surface area contributed by atoms with E-state index in [0.717, 1.165) is 41.1 Å². The van der Waals surface area contributed by atoms with Gasteiger partial charge in [0, 0.05) is 18.5 Å². The molecule has 144 valence electrons. The van der Waals surface area contributed by atoms with Gasteiger partial charge in [0.25, 0.3) is 0 Å². The molecule has 2 N–H and O–H groups in total. The third kappa shape index (κ3) is 7.36. The van der Waals surface area contributed by atoms with Crippen LogP contribution in [0.15, 0.2) is 29.3 Å². The smallest absolute Gasteiger partial charge is 0.191 e. The maximum atomic E-state index is 5.70. The van der Waals surface area contributed by atoms with Crippen LogP contribution in [-0.2, 0) is 6.54 Å². The first-order valence-corrected chi connectivity index (χ1v) is 9.08. The second kappa shape index (κ2) is 11.9. The van der Waals surface area contributed by atoms with Gasteiger partial charge in [0.05, 0.1) is 26.0 Å². The molecule has 1 heterocycles. The van der Waals surface area contributed by atoms with E-state index in [1.807, 2.05) is 31.2 Å². The van der Waals surface area contributed by atoms with Gasteiger partial charge < -0.3 is 20.1 Å². The third-order valence-corrected chi connectivity index (χ3v) is 4.72. The molecule has 1 aromatic heterocycles. The molecule has 8 heteroatoms. The van der Waals surface area contributed by atoms with Crippen LogP contribution in [0, 0.1) is 13.8 Å². The molecule has 0 unspecified atom stereocenters. The van der Waals surface area contributed by atoms with Crippen LogP contribution in [0.5, 0.6) is 11.5 Å². The summed E-state index contributed by atoms with van der Waals surface area (Å²) in [4.78, 5) is 10.00. The number of hydrogen-bond donors (Lipinski definition) is 2. The van der Waals surface area contributed by atoms with Gasteiger partial charge in [0.2, 0.25) is 0 Å². The molecule has 0 amide bonds. The Morgan fingerprint density at radius 1 is 1.15 bits per heavy atom. The number of rotatable bonds is 8. The summed E-state index contributed by atoms with van der Waals surface area (Å²) in [7, 11) is 3.42. The Kier molecular flexibility index (Phi) is 10.3. The van der Waals surface area contributed by atoms with Crippen LogP contribution in [0.2, 0.25) is 0 Å². The van der Waals surface area contributed by atoms with Crippen molar-refractivity contribution < 1.29 is 9.47 Å². The zero-order chi connectivity index (χ0) is 18.1. The number of hydrogen-bond acceptors (Lipinski definition) is 5. The van der Waals surface area contributed by atoms with Crippen molar-refractivity contribution in [1.29, 1.82) is 0 Å². The van der Waals surface area contributed by atoms with Gasteiger partial charge in [-0.3, -0.25) is 4.99 Å². The summed E-state index contributed by atoms with van der Waals surface area (Å²) in [6, 6.07) is 7.60. The molecule has 0 bridgehead atoms. The SMILES string of the molecule is CN=C(NCCCOc1ccc(OC)cc1)NCc1nc(C)c(C)s1.I. The first-order valence-electron chi connectivity index (χ1n) is 8.26. The van der Waals surface area contributed by atoms with E-state index in [-0.39, 0.29) is 24.0 Å². The predicted octanol–water partition coefficient (Wildman–Crippen LogP) is 3.52. The number of ether oxygens (including phenoxy) is 2. The topological polar surface area (TPSA) is 67.8 Å². The second-order valence-electron chi connectivity index (χ2n) is 5.48.